The van der Waals surface area contributed by atoms with Crippen LogP contribution >= 0.6 is 11.3 Å². The molecule has 0 saturated heterocycles. The first-order chi connectivity index (χ1) is 13.3. The normalized spacial score (nSPS) is 19.8. The number of fused-ring (bicyclic) bond motifs is 1. The molecule has 1 N–H and O–H groups in total. The number of ether oxygens (including phenoxy) is 1. The van der Waals surface area contributed by atoms with E-state index in [1.807, 2.05) is 12.1 Å². The molecule has 1 aromatic heterocycles. The molecule has 1 aromatic carbocycles. The molecule has 1 heterocycles. The van der Waals surface area contributed by atoms with Crippen LogP contribution in [0.4, 0.5) is 22.7 Å². The highest BCUT2D eigenvalue weighted by atomic mass is 32.1. The van der Waals surface area contributed by atoms with E-state index in [4.69, 9.17) is 0 Å². The number of carbonyl (C=O) groups excluding carboxylic acids is 2. The van der Waals surface area contributed by atoms with Crippen LogP contribution in [0.2, 0.25) is 0 Å². The number of carbonyl (C=O) groups is 2. The number of hydrogen-bond donors (Lipinski definition) is 1. The number of aromatic nitrogens is 1. The van der Waals surface area contributed by atoms with Crippen LogP contribution in [0, 0.1) is 11.8 Å². The number of rotatable bonds is 6. The van der Waals surface area contributed by atoms with Gasteiger partial charge in [0, 0.05) is 0 Å². The first-order valence-electron chi connectivity index (χ1n) is 8.42. The van der Waals surface area contributed by atoms with Crippen molar-refractivity contribution >= 4 is 38.6 Å². The molecule has 1 aliphatic carbocycles. The number of thiazole rings is 1. The molecular formula is C18H16F4N2O3S. The molecule has 0 aliphatic heterocycles. The average Bonchev–Trinajstić information content (AvgIpc) is 3.08. The Bertz CT molecular complexity index is 867. The lowest BCUT2D eigenvalue weighted by atomic mass is 9.82. The van der Waals surface area contributed by atoms with Gasteiger partial charge >= 0.3 is 18.3 Å². The fourth-order valence-electron chi connectivity index (χ4n) is 2.83. The standard InChI is InChI=1S/C18H16F4N2O3S/c19-16(20)18(21,22)9-27-15(26)11-6-2-1-5-10(11)14(25)24-17-23-12-7-3-4-8-13(12)28-17/h1-4,7-8,10-11,16H,5-6,9H2,(H,23,24,25). The van der Waals surface area contributed by atoms with Gasteiger partial charge in [-0.25, -0.2) is 13.8 Å². The largest absolute Gasteiger partial charge is 0.459 e. The Balaban J connectivity index is 1.67. The van der Waals surface area contributed by atoms with E-state index < -0.39 is 42.7 Å². The lowest BCUT2D eigenvalue weighted by Gasteiger charge is -2.26. The molecule has 0 bridgehead atoms. The molecule has 2 aromatic rings. The maximum atomic E-state index is 13.0. The van der Waals surface area contributed by atoms with E-state index in [0.717, 1.165) is 4.70 Å². The third-order valence-corrected chi connectivity index (χ3v) is 5.27. The van der Waals surface area contributed by atoms with Gasteiger partial charge in [0.15, 0.2) is 11.7 Å². The zero-order valence-corrected chi connectivity index (χ0v) is 15.2. The van der Waals surface area contributed by atoms with Gasteiger partial charge in [-0.05, 0) is 25.0 Å². The fourth-order valence-corrected chi connectivity index (χ4v) is 3.69. The lowest BCUT2D eigenvalue weighted by molar-refractivity contribution is -0.184. The van der Waals surface area contributed by atoms with Crippen LogP contribution in [0.3, 0.4) is 0 Å². The van der Waals surface area contributed by atoms with Gasteiger partial charge in [-0.3, -0.25) is 9.59 Å². The molecule has 0 radical (unpaired) electrons. The number of benzene rings is 1. The quantitative estimate of drug-likeness (QED) is 0.434. The molecule has 28 heavy (non-hydrogen) atoms. The summed E-state index contributed by atoms with van der Waals surface area (Å²) in [5, 5.41) is 2.98. The smallest absolute Gasteiger partial charge is 0.340 e. The SMILES string of the molecule is O=C(Nc1nc2ccccc2s1)C1CC=CCC1C(=O)OCC(F)(F)C(F)F. The minimum atomic E-state index is -4.43. The summed E-state index contributed by atoms with van der Waals surface area (Å²) < 4.78 is 55.7. The minimum Gasteiger partial charge on any atom is -0.459 e. The van der Waals surface area contributed by atoms with E-state index in [1.54, 1.807) is 24.3 Å². The van der Waals surface area contributed by atoms with Crippen LogP contribution in [-0.4, -0.2) is 35.8 Å². The summed E-state index contributed by atoms with van der Waals surface area (Å²) in [6, 6.07) is 7.27. The number of halogens is 4. The highest BCUT2D eigenvalue weighted by Crippen LogP contribution is 2.31. The summed E-state index contributed by atoms with van der Waals surface area (Å²) in [6.45, 7) is -1.73. The second-order valence-corrected chi connectivity index (χ2v) is 7.33. The molecule has 2 unspecified atom stereocenters. The number of amides is 1. The van der Waals surface area contributed by atoms with Crippen LogP contribution in [0.5, 0.6) is 0 Å². The average molecular weight is 416 g/mol. The summed E-state index contributed by atoms with van der Waals surface area (Å²) in [5.74, 6) is -7.95. The number of nitrogens with one attached hydrogen (secondary N) is 1. The molecule has 1 aliphatic rings. The van der Waals surface area contributed by atoms with Crippen molar-refractivity contribution in [3.63, 3.8) is 0 Å². The number of alkyl halides is 4. The zero-order valence-electron chi connectivity index (χ0n) is 14.4. The first kappa shape index (κ1) is 20.2. The van der Waals surface area contributed by atoms with E-state index in [9.17, 15) is 27.2 Å². The number of nitrogens with zero attached hydrogens (tertiary/aromatic N) is 1. The van der Waals surface area contributed by atoms with Gasteiger partial charge in [0.05, 0.1) is 22.1 Å². The third kappa shape index (κ3) is 4.49. The van der Waals surface area contributed by atoms with Crippen molar-refractivity contribution in [3.8, 4) is 0 Å². The number of allylic oxidation sites excluding steroid dienone is 2. The number of anilines is 1. The van der Waals surface area contributed by atoms with Gasteiger partial charge in [-0.15, -0.1) is 0 Å². The zero-order chi connectivity index (χ0) is 20.3. The molecule has 3 rings (SSSR count). The van der Waals surface area contributed by atoms with E-state index in [0.29, 0.717) is 10.6 Å². The monoisotopic (exact) mass is 416 g/mol. The van der Waals surface area contributed by atoms with Crippen LogP contribution in [-0.2, 0) is 14.3 Å². The van der Waals surface area contributed by atoms with Crippen LogP contribution in [0.15, 0.2) is 36.4 Å². The van der Waals surface area contributed by atoms with Crippen molar-refractivity contribution in [1.82, 2.24) is 4.98 Å². The van der Waals surface area contributed by atoms with Crippen molar-refractivity contribution in [3.05, 3.63) is 36.4 Å². The van der Waals surface area contributed by atoms with Crippen molar-refractivity contribution in [2.75, 3.05) is 11.9 Å². The third-order valence-electron chi connectivity index (χ3n) is 4.32. The van der Waals surface area contributed by atoms with Crippen LogP contribution < -0.4 is 5.32 Å². The molecule has 1 amide bonds. The molecule has 0 spiro atoms. The Hall–Kier alpha value is -2.49. The highest BCUT2D eigenvalue weighted by molar-refractivity contribution is 7.22. The summed E-state index contributed by atoms with van der Waals surface area (Å²) in [7, 11) is 0. The summed E-state index contributed by atoms with van der Waals surface area (Å²) in [5.41, 5.74) is 0.705. The van der Waals surface area contributed by atoms with Gasteiger partial charge in [0.25, 0.3) is 0 Å². The maximum absolute atomic E-state index is 13.0. The highest BCUT2D eigenvalue weighted by Gasteiger charge is 2.44. The Morgan fingerprint density at radius 2 is 1.89 bits per heavy atom. The first-order valence-corrected chi connectivity index (χ1v) is 9.23. The van der Waals surface area contributed by atoms with Gasteiger partial charge in [-0.1, -0.05) is 35.6 Å². The Morgan fingerprint density at radius 1 is 1.21 bits per heavy atom. The van der Waals surface area contributed by atoms with E-state index in [-0.39, 0.29) is 12.8 Å². The van der Waals surface area contributed by atoms with E-state index in [2.05, 4.69) is 15.0 Å². The van der Waals surface area contributed by atoms with Gasteiger partial charge in [0.2, 0.25) is 5.91 Å². The second-order valence-electron chi connectivity index (χ2n) is 6.30. The van der Waals surface area contributed by atoms with Crippen LogP contribution in [0.25, 0.3) is 10.2 Å². The van der Waals surface area contributed by atoms with Gasteiger partial charge in [0.1, 0.15) is 0 Å². The molecule has 10 heteroatoms. The van der Waals surface area contributed by atoms with E-state index in [1.165, 1.54) is 11.3 Å². The number of hydrogen-bond acceptors (Lipinski definition) is 5. The van der Waals surface area contributed by atoms with Gasteiger partial charge in [-0.2, -0.15) is 8.78 Å². The maximum Gasteiger partial charge on any atom is 0.340 e. The van der Waals surface area contributed by atoms with Crippen molar-refractivity contribution in [1.29, 1.82) is 0 Å². The summed E-state index contributed by atoms with van der Waals surface area (Å²) >= 11 is 1.26. The second kappa shape index (κ2) is 8.26. The predicted molar refractivity (Wildman–Crippen MR) is 95.5 cm³/mol. The topological polar surface area (TPSA) is 68.3 Å². The molecule has 2 atom stereocenters. The summed E-state index contributed by atoms with van der Waals surface area (Å²) in [4.78, 5) is 29.0. The Labute approximate surface area is 161 Å². The number of esters is 1. The van der Waals surface area contributed by atoms with Crippen molar-refractivity contribution < 1.29 is 31.9 Å². The van der Waals surface area contributed by atoms with Crippen LogP contribution in [0.1, 0.15) is 12.8 Å². The van der Waals surface area contributed by atoms with E-state index >= 15 is 0 Å². The van der Waals surface area contributed by atoms with Gasteiger partial charge < -0.3 is 10.1 Å². The lowest BCUT2D eigenvalue weighted by Crippen LogP contribution is -2.39. The molecular weight excluding hydrogens is 400 g/mol. The summed E-state index contributed by atoms with van der Waals surface area (Å²) in [6.07, 6.45) is -0.331. The Morgan fingerprint density at radius 3 is 2.57 bits per heavy atom. The fraction of sp³-hybridized carbons (Fsp3) is 0.389. The number of para-hydroxylation sites is 1. The van der Waals surface area contributed by atoms with Crippen molar-refractivity contribution in [2.24, 2.45) is 11.8 Å². The molecule has 150 valence electrons. The molecule has 0 fully saturated rings. The predicted octanol–water partition coefficient (Wildman–Crippen LogP) is 4.26. The molecule has 5 nitrogen and oxygen atoms in total. The minimum absolute atomic E-state index is 0.0943. The molecule has 0 saturated carbocycles. The Kier molecular flexibility index (Phi) is 5.97. The van der Waals surface area contributed by atoms with Crippen molar-refractivity contribution in [2.45, 2.75) is 25.2 Å².